The van der Waals surface area contributed by atoms with Gasteiger partial charge in [-0.15, -0.1) is 13.2 Å². The highest BCUT2D eigenvalue weighted by Crippen LogP contribution is 2.41. The van der Waals surface area contributed by atoms with Crippen LogP contribution in [-0.2, 0) is 5.54 Å². The van der Waals surface area contributed by atoms with Gasteiger partial charge in [-0.3, -0.25) is 4.79 Å². The van der Waals surface area contributed by atoms with E-state index in [0.29, 0.717) is 6.54 Å². The molecule has 0 fully saturated rings. The van der Waals surface area contributed by atoms with Crippen molar-refractivity contribution in [1.82, 2.24) is 4.90 Å². The van der Waals surface area contributed by atoms with Crippen LogP contribution >= 0.6 is 0 Å². The molecule has 2 rings (SSSR count). The summed E-state index contributed by atoms with van der Waals surface area (Å²) in [7, 11) is 0. The van der Waals surface area contributed by atoms with Gasteiger partial charge in [0.15, 0.2) is 0 Å². The number of rotatable bonds is 4. The van der Waals surface area contributed by atoms with E-state index in [4.69, 9.17) is 0 Å². The van der Waals surface area contributed by atoms with Gasteiger partial charge in [0, 0.05) is 12.1 Å². The monoisotopic (exact) mass is 227 g/mol. The normalized spacial score (nSPS) is 22.4. The fourth-order valence-corrected chi connectivity index (χ4v) is 2.57. The van der Waals surface area contributed by atoms with E-state index in [1.807, 2.05) is 35.2 Å². The maximum Gasteiger partial charge on any atom is 0.255 e. The minimum atomic E-state index is -0.288. The van der Waals surface area contributed by atoms with E-state index in [1.54, 1.807) is 6.08 Å². The summed E-state index contributed by atoms with van der Waals surface area (Å²) >= 11 is 0. The first-order chi connectivity index (χ1) is 8.15. The lowest BCUT2D eigenvalue weighted by Crippen LogP contribution is -2.41. The molecule has 1 aromatic carbocycles. The van der Waals surface area contributed by atoms with Crippen molar-refractivity contribution in [3.05, 3.63) is 60.7 Å². The van der Waals surface area contributed by atoms with E-state index >= 15 is 0 Å². The zero-order chi connectivity index (χ0) is 12.5. The fourth-order valence-electron chi connectivity index (χ4n) is 2.57. The lowest BCUT2D eigenvalue weighted by atomic mass is 9.88. The summed E-state index contributed by atoms with van der Waals surface area (Å²) in [5.74, 6) is 0.0878. The second kappa shape index (κ2) is 4.21. The van der Waals surface area contributed by atoms with Gasteiger partial charge in [-0.2, -0.15) is 0 Å². The first-order valence-electron chi connectivity index (χ1n) is 5.78. The maximum atomic E-state index is 12.3. The Labute approximate surface area is 102 Å². The molecule has 2 heteroatoms. The molecule has 1 aliphatic rings. The minimum Gasteiger partial charge on any atom is -0.325 e. The Morgan fingerprint density at radius 3 is 2.65 bits per heavy atom. The van der Waals surface area contributed by atoms with Crippen LogP contribution in [0.4, 0.5) is 0 Å². The zero-order valence-corrected chi connectivity index (χ0v) is 10.1. The van der Waals surface area contributed by atoms with Gasteiger partial charge in [0.2, 0.25) is 0 Å². The van der Waals surface area contributed by atoms with Crippen molar-refractivity contribution in [2.75, 3.05) is 6.54 Å². The second-order valence-electron chi connectivity index (χ2n) is 4.52. The standard InChI is InChI=1S/C15H17NO/c1-4-10-15(3)13-9-7-6-8-12(13)14(17)16(15)11-5-2/h4-9H,1-2,10-11H2,3H3. The molecule has 2 nitrogen and oxygen atoms in total. The predicted molar refractivity (Wildman–Crippen MR) is 69.8 cm³/mol. The summed E-state index contributed by atoms with van der Waals surface area (Å²) in [6.07, 6.45) is 4.39. The number of hydrogen-bond donors (Lipinski definition) is 0. The molecule has 0 spiro atoms. The van der Waals surface area contributed by atoms with Crippen LogP contribution in [0.25, 0.3) is 0 Å². The van der Waals surface area contributed by atoms with Crippen molar-refractivity contribution >= 4 is 5.91 Å². The Hall–Kier alpha value is -1.83. The molecule has 0 bridgehead atoms. The molecule has 0 N–H and O–H groups in total. The summed E-state index contributed by atoms with van der Waals surface area (Å²) in [6.45, 7) is 10.2. The summed E-state index contributed by atoms with van der Waals surface area (Å²) in [5.41, 5.74) is 1.61. The lowest BCUT2D eigenvalue weighted by Gasteiger charge is -2.34. The molecule has 0 aliphatic carbocycles. The molecule has 1 unspecified atom stereocenters. The molecule has 1 aliphatic heterocycles. The van der Waals surface area contributed by atoms with E-state index in [1.165, 1.54) is 0 Å². The predicted octanol–water partition coefficient (Wildman–Crippen LogP) is 3.12. The van der Waals surface area contributed by atoms with E-state index < -0.39 is 0 Å². The second-order valence-corrected chi connectivity index (χ2v) is 4.52. The third-order valence-electron chi connectivity index (χ3n) is 3.43. The minimum absolute atomic E-state index is 0.0878. The molecule has 0 saturated carbocycles. The van der Waals surface area contributed by atoms with E-state index in [2.05, 4.69) is 20.1 Å². The van der Waals surface area contributed by atoms with E-state index in [-0.39, 0.29) is 11.4 Å². The molecular formula is C15H17NO. The van der Waals surface area contributed by atoms with Crippen LogP contribution in [0.1, 0.15) is 29.3 Å². The number of carbonyl (C=O) groups is 1. The van der Waals surface area contributed by atoms with Crippen molar-refractivity contribution in [1.29, 1.82) is 0 Å². The quantitative estimate of drug-likeness (QED) is 0.724. The SMILES string of the molecule is C=CCN1C(=O)c2ccccc2C1(C)CC=C. The number of hydrogen-bond acceptors (Lipinski definition) is 1. The summed E-state index contributed by atoms with van der Waals surface area (Å²) < 4.78 is 0. The highest BCUT2D eigenvalue weighted by atomic mass is 16.2. The molecule has 0 saturated heterocycles. The number of amides is 1. The highest BCUT2D eigenvalue weighted by Gasteiger charge is 2.44. The Balaban J connectivity index is 2.56. The Kier molecular flexibility index (Phi) is 2.88. The first-order valence-corrected chi connectivity index (χ1v) is 5.78. The molecular weight excluding hydrogens is 210 g/mol. The number of fused-ring (bicyclic) bond motifs is 1. The van der Waals surface area contributed by atoms with Crippen LogP contribution in [0.15, 0.2) is 49.6 Å². The van der Waals surface area contributed by atoms with Crippen LogP contribution in [0.5, 0.6) is 0 Å². The largest absolute Gasteiger partial charge is 0.325 e. The van der Waals surface area contributed by atoms with Gasteiger partial charge in [-0.05, 0) is 25.0 Å². The van der Waals surface area contributed by atoms with Gasteiger partial charge in [0.25, 0.3) is 5.91 Å². The zero-order valence-electron chi connectivity index (χ0n) is 10.1. The summed E-state index contributed by atoms with van der Waals surface area (Å²) in [5, 5.41) is 0. The van der Waals surface area contributed by atoms with Gasteiger partial charge in [-0.1, -0.05) is 30.4 Å². The van der Waals surface area contributed by atoms with E-state index in [9.17, 15) is 4.79 Å². The van der Waals surface area contributed by atoms with Gasteiger partial charge in [0.1, 0.15) is 0 Å². The smallest absolute Gasteiger partial charge is 0.255 e. The van der Waals surface area contributed by atoms with Gasteiger partial charge in [-0.25, -0.2) is 0 Å². The van der Waals surface area contributed by atoms with Gasteiger partial charge >= 0.3 is 0 Å². The fraction of sp³-hybridized carbons (Fsp3) is 0.267. The molecule has 0 aromatic heterocycles. The average molecular weight is 227 g/mol. The first kappa shape index (κ1) is 11.6. The molecule has 1 heterocycles. The third kappa shape index (κ3) is 1.60. The Morgan fingerprint density at radius 1 is 1.29 bits per heavy atom. The average Bonchev–Trinajstić information content (AvgIpc) is 2.54. The van der Waals surface area contributed by atoms with Crippen LogP contribution in [-0.4, -0.2) is 17.4 Å². The van der Waals surface area contributed by atoms with E-state index in [0.717, 1.165) is 17.5 Å². The topological polar surface area (TPSA) is 20.3 Å². The molecule has 1 atom stereocenters. The lowest BCUT2D eigenvalue weighted by molar-refractivity contribution is 0.0625. The van der Waals surface area contributed by atoms with Gasteiger partial charge < -0.3 is 4.90 Å². The molecule has 1 aromatic rings. The Morgan fingerprint density at radius 2 is 2.00 bits per heavy atom. The maximum absolute atomic E-state index is 12.3. The molecule has 1 amide bonds. The van der Waals surface area contributed by atoms with Crippen molar-refractivity contribution < 1.29 is 4.79 Å². The molecule has 17 heavy (non-hydrogen) atoms. The number of carbonyl (C=O) groups excluding carboxylic acids is 1. The van der Waals surface area contributed by atoms with Crippen molar-refractivity contribution in [2.24, 2.45) is 0 Å². The molecule has 88 valence electrons. The van der Waals surface area contributed by atoms with Gasteiger partial charge in [0.05, 0.1) is 5.54 Å². The van der Waals surface area contributed by atoms with Crippen LogP contribution in [0, 0.1) is 0 Å². The third-order valence-corrected chi connectivity index (χ3v) is 3.43. The summed E-state index contributed by atoms with van der Waals surface area (Å²) in [4.78, 5) is 14.2. The van der Waals surface area contributed by atoms with Crippen molar-refractivity contribution in [3.63, 3.8) is 0 Å². The number of benzene rings is 1. The highest BCUT2D eigenvalue weighted by molar-refractivity contribution is 6.00. The van der Waals surface area contributed by atoms with Crippen LogP contribution in [0.3, 0.4) is 0 Å². The Bertz CT molecular complexity index is 478. The number of nitrogens with zero attached hydrogens (tertiary/aromatic N) is 1. The van der Waals surface area contributed by atoms with Crippen LogP contribution in [0.2, 0.25) is 0 Å². The summed E-state index contributed by atoms with van der Waals surface area (Å²) in [6, 6.07) is 7.80. The van der Waals surface area contributed by atoms with Crippen molar-refractivity contribution in [2.45, 2.75) is 18.9 Å². The van der Waals surface area contributed by atoms with Crippen molar-refractivity contribution in [3.8, 4) is 0 Å². The molecule has 0 radical (unpaired) electrons. The van der Waals surface area contributed by atoms with Crippen LogP contribution < -0.4 is 0 Å².